The van der Waals surface area contributed by atoms with Gasteiger partial charge < -0.3 is 19.7 Å². The molecule has 0 spiro atoms. The second kappa shape index (κ2) is 9.42. The molecule has 0 bridgehead atoms. The summed E-state index contributed by atoms with van der Waals surface area (Å²) >= 11 is 0. The smallest absolute Gasteiger partial charge is 0.410 e. The van der Waals surface area contributed by atoms with Gasteiger partial charge in [-0.05, 0) is 38.1 Å². The molecule has 2 aromatic rings. The number of carbonyl (C=O) groups excluding carboxylic acids is 1. The topological polar surface area (TPSA) is 129 Å². The number of H-pyrrole nitrogens is 1. The molecule has 1 aliphatic heterocycles. The van der Waals surface area contributed by atoms with Gasteiger partial charge in [0.25, 0.3) is 0 Å². The zero-order valence-corrected chi connectivity index (χ0v) is 17.6. The second-order valence-corrected chi connectivity index (χ2v) is 7.95. The van der Waals surface area contributed by atoms with Gasteiger partial charge in [-0.1, -0.05) is 6.07 Å². The molecule has 1 aromatic heterocycles. The van der Waals surface area contributed by atoms with Crippen LogP contribution in [-0.2, 0) is 4.74 Å². The Balaban J connectivity index is 1.65. The maximum absolute atomic E-state index is 14.5. The number of hydrogen-bond acceptors (Lipinski definition) is 8. The first kappa shape index (κ1) is 22.0. The van der Waals surface area contributed by atoms with E-state index in [1.165, 1.54) is 18.3 Å². The molecule has 1 fully saturated rings. The minimum atomic E-state index is -0.560. The third kappa shape index (κ3) is 5.91. The Bertz CT molecular complexity index is 972. The van der Waals surface area contributed by atoms with Crippen molar-refractivity contribution in [3.05, 3.63) is 36.0 Å². The monoisotopic (exact) mass is 429 g/mol. The van der Waals surface area contributed by atoms with Crippen molar-refractivity contribution >= 4 is 17.4 Å². The fraction of sp³-hybridized carbons (Fsp3) is 0.450. The van der Waals surface area contributed by atoms with Crippen LogP contribution in [0.5, 0.6) is 5.75 Å². The number of rotatable bonds is 5. The molecular formula is C20H24FN7O3. The molecular weight excluding hydrogens is 405 g/mol. The number of anilines is 1. The van der Waals surface area contributed by atoms with Gasteiger partial charge in [0.05, 0.1) is 5.69 Å². The van der Waals surface area contributed by atoms with E-state index in [-0.39, 0.29) is 29.3 Å². The van der Waals surface area contributed by atoms with Crippen molar-refractivity contribution in [1.29, 1.82) is 5.26 Å². The van der Waals surface area contributed by atoms with E-state index in [2.05, 4.69) is 25.9 Å². The molecule has 3 rings (SSSR count). The minimum absolute atomic E-state index is 0.0415. The third-order valence-electron chi connectivity index (χ3n) is 4.42. The van der Waals surface area contributed by atoms with E-state index in [0.29, 0.717) is 31.6 Å². The van der Waals surface area contributed by atoms with E-state index < -0.39 is 11.4 Å². The zero-order chi connectivity index (χ0) is 22.4. The minimum Gasteiger partial charge on any atom is -0.485 e. The van der Waals surface area contributed by atoms with Crippen LogP contribution in [0.4, 0.5) is 14.9 Å². The third-order valence-corrected chi connectivity index (χ3v) is 4.42. The van der Waals surface area contributed by atoms with Crippen LogP contribution in [0.3, 0.4) is 0 Å². The number of piperidine rings is 1. The quantitative estimate of drug-likeness (QED) is 0.694. The predicted molar refractivity (Wildman–Crippen MR) is 109 cm³/mol. The molecule has 1 aromatic carbocycles. The van der Waals surface area contributed by atoms with Gasteiger partial charge in [0.15, 0.2) is 11.6 Å². The summed E-state index contributed by atoms with van der Waals surface area (Å²) < 4.78 is 25.8. The van der Waals surface area contributed by atoms with Crippen molar-refractivity contribution in [2.24, 2.45) is 0 Å². The molecule has 0 atom stereocenters. The van der Waals surface area contributed by atoms with Gasteiger partial charge in [0.2, 0.25) is 5.82 Å². The van der Waals surface area contributed by atoms with E-state index >= 15 is 0 Å². The Morgan fingerprint density at radius 3 is 2.74 bits per heavy atom. The highest BCUT2D eigenvalue weighted by Crippen LogP contribution is 2.31. The molecule has 1 amide bonds. The van der Waals surface area contributed by atoms with E-state index in [0.717, 1.165) is 0 Å². The summed E-state index contributed by atoms with van der Waals surface area (Å²) in [6.45, 7) is 6.36. The lowest BCUT2D eigenvalue weighted by Crippen LogP contribution is -2.44. The Morgan fingerprint density at radius 1 is 1.39 bits per heavy atom. The maximum Gasteiger partial charge on any atom is 0.410 e. The highest BCUT2D eigenvalue weighted by atomic mass is 19.1. The first-order valence-electron chi connectivity index (χ1n) is 9.80. The summed E-state index contributed by atoms with van der Waals surface area (Å²) in [5.41, 5.74) is -0.0874. The van der Waals surface area contributed by atoms with Crippen LogP contribution < -0.4 is 10.1 Å². The fourth-order valence-electron chi connectivity index (χ4n) is 2.96. The average molecular weight is 429 g/mol. The number of tetrazole rings is 1. The van der Waals surface area contributed by atoms with E-state index in [1.807, 2.05) is 26.8 Å². The summed E-state index contributed by atoms with van der Waals surface area (Å²) in [6.07, 6.45) is 1.80. The number of aromatic amines is 1. The Labute approximate surface area is 179 Å². The molecule has 31 heavy (non-hydrogen) atoms. The van der Waals surface area contributed by atoms with Gasteiger partial charge >= 0.3 is 6.09 Å². The number of amides is 1. The van der Waals surface area contributed by atoms with Gasteiger partial charge in [0.1, 0.15) is 23.3 Å². The molecule has 1 saturated heterocycles. The van der Waals surface area contributed by atoms with E-state index in [9.17, 15) is 14.4 Å². The molecule has 164 valence electrons. The maximum atomic E-state index is 14.5. The number of para-hydroxylation sites is 1. The summed E-state index contributed by atoms with van der Waals surface area (Å²) in [5.74, 6) is -0.380. The lowest BCUT2D eigenvalue weighted by molar-refractivity contribution is 0.0124. The number of allylic oxidation sites excluding steroid dienone is 1. The number of halogens is 1. The first-order chi connectivity index (χ1) is 14.8. The SMILES string of the molecule is CC(C)(C)OC(=O)N1CCC(Oc2c(F)cccc2NC=C(C#N)c2nn[nH]n2)CC1. The number of ether oxygens (including phenoxy) is 2. The molecule has 0 saturated carbocycles. The summed E-state index contributed by atoms with van der Waals surface area (Å²) in [5, 5.41) is 25.3. The number of likely N-dealkylation sites (tertiary alicyclic amines) is 1. The highest BCUT2D eigenvalue weighted by molar-refractivity contribution is 5.75. The number of carbonyl (C=O) groups is 1. The normalized spacial score (nSPS) is 15.3. The van der Waals surface area contributed by atoms with Gasteiger partial charge in [-0.25, -0.2) is 9.18 Å². The summed E-state index contributed by atoms with van der Waals surface area (Å²) in [6, 6.07) is 6.41. The number of benzene rings is 1. The van der Waals surface area contributed by atoms with E-state index in [4.69, 9.17) is 9.47 Å². The average Bonchev–Trinajstić information content (AvgIpc) is 3.24. The molecule has 1 aliphatic rings. The van der Waals surface area contributed by atoms with Crippen molar-refractivity contribution < 1.29 is 18.7 Å². The van der Waals surface area contributed by atoms with Crippen molar-refractivity contribution in [2.45, 2.75) is 45.3 Å². The van der Waals surface area contributed by atoms with Crippen molar-refractivity contribution in [2.75, 3.05) is 18.4 Å². The van der Waals surface area contributed by atoms with Gasteiger partial charge in [-0.2, -0.15) is 10.5 Å². The van der Waals surface area contributed by atoms with Crippen LogP contribution in [0, 0.1) is 17.1 Å². The van der Waals surface area contributed by atoms with Crippen LogP contribution in [0.1, 0.15) is 39.4 Å². The second-order valence-electron chi connectivity index (χ2n) is 7.95. The molecule has 2 heterocycles. The standard InChI is InChI=1S/C20H24FN7O3/c1-20(2,3)31-19(29)28-9-7-14(8-10-28)30-17-15(21)5-4-6-16(17)23-12-13(11-22)18-24-26-27-25-18/h4-6,12,14,23H,7-10H2,1-3H3,(H,24,25,26,27). The van der Waals surface area contributed by atoms with Crippen molar-refractivity contribution in [1.82, 2.24) is 25.5 Å². The van der Waals surface area contributed by atoms with Crippen LogP contribution in [0.25, 0.3) is 5.57 Å². The summed E-state index contributed by atoms with van der Waals surface area (Å²) in [4.78, 5) is 13.8. The predicted octanol–water partition coefficient (Wildman–Crippen LogP) is 3.09. The lowest BCUT2D eigenvalue weighted by Gasteiger charge is -2.33. The number of hydrogen-bond donors (Lipinski definition) is 2. The summed E-state index contributed by atoms with van der Waals surface area (Å²) in [7, 11) is 0. The lowest BCUT2D eigenvalue weighted by atomic mass is 10.1. The van der Waals surface area contributed by atoms with Crippen molar-refractivity contribution in [3.63, 3.8) is 0 Å². The van der Waals surface area contributed by atoms with E-state index in [1.54, 1.807) is 11.0 Å². The fourth-order valence-corrected chi connectivity index (χ4v) is 2.96. The Kier molecular flexibility index (Phi) is 6.69. The molecule has 0 radical (unpaired) electrons. The number of aromatic nitrogens is 4. The van der Waals surface area contributed by atoms with Gasteiger partial charge in [-0.3, -0.25) is 0 Å². The molecule has 0 aliphatic carbocycles. The van der Waals surface area contributed by atoms with Crippen LogP contribution in [0.2, 0.25) is 0 Å². The molecule has 2 N–H and O–H groups in total. The van der Waals surface area contributed by atoms with Crippen LogP contribution in [0.15, 0.2) is 24.4 Å². The first-order valence-corrected chi connectivity index (χ1v) is 9.80. The van der Waals surface area contributed by atoms with Crippen LogP contribution in [-0.4, -0.2) is 56.4 Å². The van der Waals surface area contributed by atoms with Crippen molar-refractivity contribution in [3.8, 4) is 11.8 Å². The Morgan fingerprint density at radius 2 is 2.13 bits per heavy atom. The van der Waals surface area contributed by atoms with Gasteiger partial charge in [-0.15, -0.1) is 10.2 Å². The Hall–Kier alpha value is -3.68. The van der Waals surface area contributed by atoms with Gasteiger partial charge in [0, 0.05) is 32.1 Å². The number of nitriles is 1. The molecule has 0 unspecified atom stereocenters. The van der Waals surface area contributed by atoms with Crippen LogP contribution >= 0.6 is 0 Å². The number of nitrogens with zero attached hydrogens (tertiary/aromatic N) is 5. The molecule has 10 nitrogen and oxygen atoms in total. The number of nitrogens with one attached hydrogen (secondary N) is 2. The molecule has 11 heteroatoms. The highest BCUT2D eigenvalue weighted by Gasteiger charge is 2.28. The zero-order valence-electron chi connectivity index (χ0n) is 17.6. The largest absolute Gasteiger partial charge is 0.485 e.